The van der Waals surface area contributed by atoms with Crippen LogP contribution in [0.2, 0.25) is 0 Å². The lowest BCUT2D eigenvalue weighted by molar-refractivity contribution is -0.131. The molecule has 0 unspecified atom stereocenters. The van der Waals surface area contributed by atoms with Gasteiger partial charge in [0.25, 0.3) is 0 Å². The van der Waals surface area contributed by atoms with Gasteiger partial charge in [-0.15, -0.1) is 0 Å². The number of aryl methyl sites for hydroxylation is 1. The lowest BCUT2D eigenvalue weighted by atomic mass is 9.89. The number of amides is 1. The smallest absolute Gasteiger partial charge is 0.412 e. The average Bonchev–Trinajstić information content (AvgIpc) is 2.77. The second-order valence-corrected chi connectivity index (χ2v) is 7.83. The second kappa shape index (κ2) is 10.5. The monoisotopic (exact) mass is 433 g/mol. The Morgan fingerprint density at radius 2 is 1.72 bits per heavy atom. The van der Waals surface area contributed by atoms with Gasteiger partial charge in [0.1, 0.15) is 11.9 Å². The number of aliphatic carboxylic acids is 1. The van der Waals surface area contributed by atoms with Crippen LogP contribution in [0.4, 0.5) is 10.5 Å². The van der Waals surface area contributed by atoms with Crippen LogP contribution in [0.15, 0.2) is 72.8 Å². The van der Waals surface area contributed by atoms with E-state index in [2.05, 4.69) is 5.32 Å². The van der Waals surface area contributed by atoms with E-state index in [0.717, 1.165) is 22.6 Å². The molecule has 1 amide bonds. The minimum absolute atomic E-state index is 0.106. The molecular weight excluding hydrogens is 406 g/mol. The van der Waals surface area contributed by atoms with Gasteiger partial charge in [0.2, 0.25) is 0 Å². The molecule has 32 heavy (non-hydrogen) atoms. The number of nitrogens with one attached hydrogen (secondary N) is 1. The SMILES string of the molecule is Cc1ccc(NC(=O)O[C@H](c2ccc(O)c3ccccc23)[C@H](C)CC/C=C/C(=O)O)cc1. The number of carboxylic acid groups (broad SMARTS) is 1. The fourth-order valence-electron chi connectivity index (χ4n) is 3.63. The Balaban J connectivity index is 1.87. The van der Waals surface area contributed by atoms with Crippen LogP contribution in [-0.2, 0) is 9.53 Å². The number of carboxylic acids is 1. The van der Waals surface area contributed by atoms with Crippen LogP contribution >= 0.6 is 0 Å². The van der Waals surface area contributed by atoms with E-state index in [-0.39, 0.29) is 11.7 Å². The molecule has 0 heterocycles. The number of ether oxygens (including phenoxy) is 1. The lowest BCUT2D eigenvalue weighted by Gasteiger charge is -2.26. The molecule has 0 radical (unpaired) electrons. The number of fused-ring (bicyclic) bond motifs is 1. The summed E-state index contributed by atoms with van der Waals surface area (Å²) in [5, 5.41) is 23.3. The molecule has 0 aliphatic rings. The Hall–Kier alpha value is -3.80. The maximum absolute atomic E-state index is 12.7. The highest BCUT2D eigenvalue weighted by molar-refractivity contribution is 5.91. The van der Waals surface area contributed by atoms with Gasteiger partial charge in [-0.3, -0.25) is 5.32 Å². The average molecular weight is 434 g/mol. The van der Waals surface area contributed by atoms with Crippen molar-refractivity contribution in [2.24, 2.45) is 5.92 Å². The summed E-state index contributed by atoms with van der Waals surface area (Å²) in [5.41, 5.74) is 2.50. The maximum atomic E-state index is 12.7. The normalized spacial score (nSPS) is 13.1. The van der Waals surface area contributed by atoms with E-state index < -0.39 is 18.2 Å². The van der Waals surface area contributed by atoms with Crippen molar-refractivity contribution in [1.82, 2.24) is 0 Å². The van der Waals surface area contributed by atoms with Crippen molar-refractivity contribution >= 4 is 28.5 Å². The molecule has 0 aromatic heterocycles. The number of aromatic hydroxyl groups is 1. The standard InChI is InChI=1S/C26H27NO5/c1-17-11-13-19(14-12-17)27-26(31)32-25(18(2)7-3-6-10-24(29)30)22-15-16-23(28)21-9-5-4-8-20(21)22/h4-6,8-16,18,25,28H,3,7H2,1-2H3,(H,27,31)(H,29,30)/b10-6+/t18-,25+/m1/s1. The summed E-state index contributed by atoms with van der Waals surface area (Å²) in [6.07, 6.45) is 2.68. The number of phenols is 1. The number of carbonyl (C=O) groups is 2. The van der Waals surface area contributed by atoms with Gasteiger partial charge in [0, 0.05) is 22.7 Å². The van der Waals surface area contributed by atoms with Gasteiger partial charge < -0.3 is 14.9 Å². The van der Waals surface area contributed by atoms with E-state index >= 15 is 0 Å². The van der Waals surface area contributed by atoms with Crippen LogP contribution in [0.5, 0.6) is 5.75 Å². The first-order valence-corrected chi connectivity index (χ1v) is 10.5. The van der Waals surface area contributed by atoms with Crippen molar-refractivity contribution < 1.29 is 24.5 Å². The molecule has 3 aromatic rings. The van der Waals surface area contributed by atoms with E-state index in [0.29, 0.717) is 23.9 Å². The van der Waals surface area contributed by atoms with Gasteiger partial charge in [-0.2, -0.15) is 0 Å². The lowest BCUT2D eigenvalue weighted by Crippen LogP contribution is -2.22. The summed E-state index contributed by atoms with van der Waals surface area (Å²) in [7, 11) is 0. The second-order valence-electron chi connectivity index (χ2n) is 7.83. The topological polar surface area (TPSA) is 95.9 Å². The third-order valence-corrected chi connectivity index (χ3v) is 5.34. The highest BCUT2D eigenvalue weighted by Gasteiger charge is 2.26. The third kappa shape index (κ3) is 5.88. The van der Waals surface area contributed by atoms with Crippen LogP contribution < -0.4 is 5.32 Å². The maximum Gasteiger partial charge on any atom is 0.412 e. The van der Waals surface area contributed by atoms with Gasteiger partial charge in [-0.1, -0.05) is 61.0 Å². The molecule has 0 saturated carbocycles. The molecule has 3 N–H and O–H groups in total. The molecule has 3 aromatic carbocycles. The summed E-state index contributed by atoms with van der Waals surface area (Å²) in [5.74, 6) is -0.943. The van der Waals surface area contributed by atoms with E-state index in [9.17, 15) is 14.7 Å². The minimum atomic E-state index is -0.993. The van der Waals surface area contributed by atoms with Crippen molar-refractivity contribution in [2.45, 2.75) is 32.8 Å². The summed E-state index contributed by atoms with van der Waals surface area (Å²) in [6.45, 7) is 3.93. The largest absolute Gasteiger partial charge is 0.507 e. The molecule has 166 valence electrons. The number of carbonyl (C=O) groups excluding carboxylic acids is 1. The first-order valence-electron chi connectivity index (χ1n) is 10.5. The number of benzene rings is 3. The zero-order valence-corrected chi connectivity index (χ0v) is 18.1. The summed E-state index contributed by atoms with van der Waals surface area (Å²) >= 11 is 0. The van der Waals surface area contributed by atoms with Gasteiger partial charge in [-0.05, 0) is 49.3 Å². The Bertz CT molecular complexity index is 1120. The molecule has 2 atom stereocenters. The van der Waals surface area contributed by atoms with Gasteiger partial charge in [-0.25, -0.2) is 9.59 Å². The van der Waals surface area contributed by atoms with Crippen molar-refractivity contribution in [3.8, 4) is 5.75 Å². The van der Waals surface area contributed by atoms with Crippen LogP contribution in [0.1, 0.15) is 37.0 Å². The molecule has 6 nitrogen and oxygen atoms in total. The molecule has 6 heteroatoms. The summed E-state index contributed by atoms with van der Waals surface area (Å²) in [4.78, 5) is 23.5. The predicted octanol–water partition coefficient (Wildman–Crippen LogP) is 6.20. The fraction of sp³-hybridized carbons (Fsp3) is 0.231. The van der Waals surface area contributed by atoms with Crippen LogP contribution in [0.3, 0.4) is 0 Å². The quantitative estimate of drug-likeness (QED) is 0.368. The molecule has 0 aliphatic heterocycles. The summed E-state index contributed by atoms with van der Waals surface area (Å²) in [6, 6.07) is 18.2. The molecule has 0 fully saturated rings. The highest BCUT2D eigenvalue weighted by atomic mass is 16.6. The number of phenolic OH excluding ortho intramolecular Hbond substituents is 1. The van der Waals surface area contributed by atoms with Gasteiger partial charge in [0.05, 0.1) is 0 Å². The van der Waals surface area contributed by atoms with Gasteiger partial charge >= 0.3 is 12.1 Å². The van der Waals surface area contributed by atoms with E-state index in [1.54, 1.807) is 18.2 Å². The Morgan fingerprint density at radius 3 is 2.41 bits per heavy atom. The van der Waals surface area contributed by atoms with Crippen LogP contribution in [-0.4, -0.2) is 22.3 Å². The Morgan fingerprint density at radius 1 is 1.03 bits per heavy atom. The fourth-order valence-corrected chi connectivity index (χ4v) is 3.63. The molecular formula is C26H27NO5. The first-order chi connectivity index (χ1) is 15.3. The Labute approximate surface area is 187 Å². The number of hydrogen-bond acceptors (Lipinski definition) is 4. The van der Waals surface area contributed by atoms with E-state index in [1.807, 2.05) is 62.4 Å². The predicted molar refractivity (Wildman–Crippen MR) is 125 cm³/mol. The first kappa shape index (κ1) is 22.9. The van der Waals surface area contributed by atoms with Crippen LogP contribution in [0, 0.1) is 12.8 Å². The minimum Gasteiger partial charge on any atom is -0.507 e. The van der Waals surface area contributed by atoms with Crippen LogP contribution in [0.25, 0.3) is 10.8 Å². The van der Waals surface area contributed by atoms with Crippen molar-refractivity contribution in [2.75, 3.05) is 5.32 Å². The number of anilines is 1. The molecule has 0 bridgehead atoms. The van der Waals surface area contributed by atoms with Crippen molar-refractivity contribution in [1.29, 1.82) is 0 Å². The third-order valence-electron chi connectivity index (χ3n) is 5.34. The molecule has 3 rings (SSSR count). The van der Waals surface area contributed by atoms with Crippen molar-refractivity contribution in [3.05, 3.63) is 83.9 Å². The van der Waals surface area contributed by atoms with Crippen molar-refractivity contribution in [3.63, 3.8) is 0 Å². The molecule has 0 aliphatic carbocycles. The highest BCUT2D eigenvalue weighted by Crippen LogP contribution is 2.37. The summed E-state index contributed by atoms with van der Waals surface area (Å²) < 4.78 is 5.89. The van der Waals surface area contributed by atoms with Gasteiger partial charge in [0.15, 0.2) is 0 Å². The zero-order valence-electron chi connectivity index (χ0n) is 18.1. The number of allylic oxidation sites excluding steroid dienone is 1. The zero-order chi connectivity index (χ0) is 23.1. The van der Waals surface area contributed by atoms with E-state index in [1.165, 1.54) is 0 Å². The number of rotatable bonds is 8. The molecule has 0 saturated heterocycles. The Kier molecular flexibility index (Phi) is 7.49. The molecule has 0 spiro atoms. The van der Waals surface area contributed by atoms with E-state index in [4.69, 9.17) is 9.84 Å². The number of hydrogen-bond donors (Lipinski definition) is 3.